The van der Waals surface area contributed by atoms with Gasteiger partial charge in [0.1, 0.15) is 11.4 Å². The lowest BCUT2D eigenvalue weighted by Crippen LogP contribution is -2.32. The molecule has 0 bridgehead atoms. The normalized spacial score (nSPS) is 12.5. The molecule has 0 aliphatic rings. The number of hydrogen-bond donors (Lipinski definition) is 2. The Kier molecular flexibility index (Phi) is 8.54. The molecule has 12 heteroatoms. The number of carbonyl (C=O) groups is 1. The summed E-state index contributed by atoms with van der Waals surface area (Å²) in [4.78, 5) is 16.9. The van der Waals surface area contributed by atoms with Crippen molar-refractivity contribution in [3.05, 3.63) is 64.9 Å². The van der Waals surface area contributed by atoms with Crippen molar-refractivity contribution in [3.63, 3.8) is 0 Å². The number of rotatable bonds is 8. The van der Waals surface area contributed by atoms with Gasteiger partial charge in [0.05, 0.1) is 10.6 Å². The number of benzene rings is 2. The first kappa shape index (κ1) is 28.1. The van der Waals surface area contributed by atoms with E-state index < -0.39 is 34.2 Å². The first-order chi connectivity index (χ1) is 17.2. The fraction of sp³-hybridized carbons (Fsp3) is 0.240. The van der Waals surface area contributed by atoms with E-state index in [0.717, 1.165) is 17.6 Å². The highest BCUT2D eigenvalue weighted by Gasteiger charge is 2.35. The van der Waals surface area contributed by atoms with Crippen LogP contribution in [0.25, 0.3) is 11.1 Å². The molecule has 196 valence electrons. The van der Waals surface area contributed by atoms with Crippen LogP contribution in [0.1, 0.15) is 25.1 Å². The van der Waals surface area contributed by atoms with Crippen molar-refractivity contribution in [2.45, 2.75) is 37.4 Å². The maximum atomic E-state index is 13.3. The minimum absolute atomic E-state index is 0.0364. The van der Waals surface area contributed by atoms with Gasteiger partial charge in [0, 0.05) is 23.6 Å². The van der Waals surface area contributed by atoms with Crippen molar-refractivity contribution in [2.75, 3.05) is 6.26 Å². The van der Waals surface area contributed by atoms with Crippen molar-refractivity contribution in [2.24, 2.45) is 4.99 Å². The van der Waals surface area contributed by atoms with Crippen LogP contribution >= 0.6 is 11.3 Å². The maximum Gasteiger partial charge on any atom is 0.429 e. The fourth-order valence-electron chi connectivity index (χ4n) is 3.14. The van der Waals surface area contributed by atoms with Crippen LogP contribution in [0, 0.1) is 5.41 Å². The second-order valence-electron chi connectivity index (χ2n) is 8.37. The van der Waals surface area contributed by atoms with Gasteiger partial charge in [-0.1, -0.05) is 24.3 Å². The molecule has 3 rings (SSSR count). The van der Waals surface area contributed by atoms with E-state index >= 15 is 0 Å². The number of nitrogens with zero attached hydrogens (tertiary/aromatic N) is 1. The standard InChI is InChI=1S/C25H24F3N3O4S2/c1-15(2)30-24(32)35-21-10-5-4-9-19(21)31-20(13-23(29)25(26,27)28)22-12-17(14-36-22)16-7-6-8-18(11-16)37(3,33)34/h4-12,14-15,29H,13H2,1-3H3,(H,30,32). The van der Waals surface area contributed by atoms with Gasteiger partial charge < -0.3 is 15.5 Å². The molecule has 0 unspecified atom stereocenters. The summed E-state index contributed by atoms with van der Waals surface area (Å²) in [6.45, 7) is 3.48. The van der Waals surface area contributed by atoms with Gasteiger partial charge in [-0.3, -0.25) is 0 Å². The van der Waals surface area contributed by atoms with Crippen LogP contribution in [0.2, 0.25) is 0 Å². The second kappa shape index (κ2) is 11.3. The third-order valence-corrected chi connectivity index (χ3v) is 6.99. The summed E-state index contributed by atoms with van der Waals surface area (Å²) in [5.41, 5.74) is -0.294. The zero-order valence-electron chi connectivity index (χ0n) is 20.1. The smallest absolute Gasteiger partial charge is 0.408 e. The van der Waals surface area contributed by atoms with Crippen LogP contribution in [0.5, 0.6) is 5.75 Å². The van der Waals surface area contributed by atoms with E-state index in [0.29, 0.717) is 16.0 Å². The van der Waals surface area contributed by atoms with E-state index in [2.05, 4.69) is 10.3 Å². The summed E-state index contributed by atoms with van der Waals surface area (Å²) in [7, 11) is -3.46. The number of thiophene rings is 1. The molecule has 3 aromatic rings. The van der Waals surface area contributed by atoms with Gasteiger partial charge in [-0.05, 0) is 60.7 Å². The Balaban J connectivity index is 2.05. The Bertz CT molecular complexity index is 1450. The Morgan fingerprint density at radius 1 is 1.11 bits per heavy atom. The summed E-state index contributed by atoms with van der Waals surface area (Å²) in [6, 6.07) is 13.7. The number of carbonyl (C=O) groups excluding carboxylic acids is 1. The summed E-state index contributed by atoms with van der Waals surface area (Å²) in [5.74, 6) is 0.0364. The first-order valence-electron chi connectivity index (χ1n) is 10.9. The molecule has 0 saturated heterocycles. The highest BCUT2D eigenvalue weighted by atomic mass is 32.2. The van der Waals surface area contributed by atoms with Crippen LogP contribution in [-0.4, -0.2) is 44.4 Å². The van der Waals surface area contributed by atoms with Crippen molar-refractivity contribution in [3.8, 4) is 16.9 Å². The molecular weight excluding hydrogens is 527 g/mol. The lowest BCUT2D eigenvalue weighted by molar-refractivity contribution is -0.0605. The molecule has 2 N–H and O–H groups in total. The molecule has 1 heterocycles. The molecule has 0 saturated carbocycles. The molecule has 7 nitrogen and oxygen atoms in total. The van der Waals surface area contributed by atoms with Gasteiger partial charge in [0.25, 0.3) is 0 Å². The number of aliphatic imine (C=N–C) groups is 1. The Labute approximate surface area is 216 Å². The molecule has 0 aliphatic heterocycles. The monoisotopic (exact) mass is 551 g/mol. The summed E-state index contributed by atoms with van der Waals surface area (Å²) in [6.07, 6.45) is -5.33. The van der Waals surface area contributed by atoms with Crippen molar-refractivity contribution < 1.29 is 31.1 Å². The number of hydrogen-bond acceptors (Lipinski definition) is 7. The highest BCUT2D eigenvalue weighted by molar-refractivity contribution is 7.90. The van der Waals surface area contributed by atoms with Crippen LogP contribution in [0.3, 0.4) is 0 Å². The largest absolute Gasteiger partial charge is 0.429 e. The lowest BCUT2D eigenvalue weighted by Gasteiger charge is -2.12. The van der Waals surface area contributed by atoms with E-state index in [1.54, 1.807) is 49.6 Å². The predicted molar refractivity (Wildman–Crippen MR) is 138 cm³/mol. The van der Waals surface area contributed by atoms with Crippen LogP contribution in [0.15, 0.2) is 69.9 Å². The van der Waals surface area contributed by atoms with Crippen LogP contribution in [-0.2, 0) is 9.84 Å². The van der Waals surface area contributed by atoms with Gasteiger partial charge in [-0.2, -0.15) is 13.2 Å². The fourth-order valence-corrected chi connectivity index (χ4v) is 4.71. The quantitative estimate of drug-likeness (QED) is 0.315. The minimum Gasteiger partial charge on any atom is -0.408 e. The van der Waals surface area contributed by atoms with Crippen LogP contribution < -0.4 is 10.1 Å². The second-order valence-corrected chi connectivity index (χ2v) is 11.3. The average molecular weight is 552 g/mol. The Hall–Kier alpha value is -3.51. The van der Waals surface area contributed by atoms with E-state index in [4.69, 9.17) is 10.1 Å². The maximum absolute atomic E-state index is 13.3. The zero-order chi connectivity index (χ0) is 27.4. The molecule has 1 aromatic heterocycles. The van der Waals surface area contributed by atoms with E-state index in [1.165, 1.54) is 24.3 Å². The number of alkyl halides is 3. The van der Waals surface area contributed by atoms with E-state index in [9.17, 15) is 26.4 Å². The first-order valence-corrected chi connectivity index (χ1v) is 13.7. The predicted octanol–water partition coefficient (Wildman–Crippen LogP) is 6.41. The molecule has 0 atom stereocenters. The van der Waals surface area contributed by atoms with Gasteiger partial charge in [0.15, 0.2) is 15.6 Å². The molecule has 0 radical (unpaired) electrons. The van der Waals surface area contributed by atoms with E-state index in [-0.39, 0.29) is 28.1 Å². The molecule has 2 aromatic carbocycles. The van der Waals surface area contributed by atoms with Gasteiger partial charge in [-0.25, -0.2) is 18.2 Å². The van der Waals surface area contributed by atoms with E-state index in [1.807, 2.05) is 0 Å². The molecular formula is C25H24F3N3O4S2. The Morgan fingerprint density at radius 2 is 1.81 bits per heavy atom. The Morgan fingerprint density at radius 3 is 2.46 bits per heavy atom. The van der Waals surface area contributed by atoms with Crippen molar-refractivity contribution in [1.82, 2.24) is 5.32 Å². The number of amides is 1. The average Bonchev–Trinajstić information content (AvgIpc) is 3.28. The number of ether oxygens (including phenoxy) is 1. The number of para-hydroxylation sites is 2. The summed E-state index contributed by atoms with van der Waals surface area (Å²) < 4.78 is 68.9. The molecule has 0 aliphatic carbocycles. The molecule has 37 heavy (non-hydrogen) atoms. The molecule has 0 spiro atoms. The molecule has 1 amide bonds. The number of halogens is 3. The highest BCUT2D eigenvalue weighted by Crippen LogP contribution is 2.33. The minimum atomic E-state index is -4.85. The van der Waals surface area contributed by atoms with Crippen molar-refractivity contribution >= 4 is 44.4 Å². The van der Waals surface area contributed by atoms with Gasteiger partial charge >= 0.3 is 12.3 Å². The van der Waals surface area contributed by atoms with Crippen molar-refractivity contribution in [1.29, 1.82) is 5.41 Å². The van der Waals surface area contributed by atoms with Crippen LogP contribution in [0.4, 0.5) is 23.7 Å². The topological polar surface area (TPSA) is 109 Å². The van der Waals surface area contributed by atoms with Gasteiger partial charge in [0.2, 0.25) is 0 Å². The SMILES string of the molecule is CC(C)NC(=O)Oc1ccccc1N=C(CC(=N)C(F)(F)F)c1cc(-c2cccc(S(C)(=O)=O)c2)cs1. The number of nitrogens with one attached hydrogen (secondary N) is 2. The lowest BCUT2D eigenvalue weighted by atomic mass is 10.1. The third kappa shape index (κ3) is 7.73. The third-order valence-electron chi connectivity index (χ3n) is 4.90. The zero-order valence-corrected chi connectivity index (χ0v) is 21.7. The summed E-state index contributed by atoms with van der Waals surface area (Å²) in [5, 5.41) is 11.8. The van der Waals surface area contributed by atoms with Gasteiger partial charge in [-0.15, -0.1) is 11.3 Å². The summed E-state index contributed by atoms with van der Waals surface area (Å²) >= 11 is 1.10. The molecule has 0 fully saturated rings. The number of sulfone groups is 1.